The van der Waals surface area contributed by atoms with Crippen LogP contribution in [-0.2, 0) is 0 Å². The van der Waals surface area contributed by atoms with Crippen LogP contribution in [-0.4, -0.2) is 33.7 Å². The normalized spacial score (nSPS) is 9.42. The van der Waals surface area contributed by atoms with Crippen LogP contribution in [0.1, 0.15) is 11.1 Å². The molecular formula is C19H14N6O6. The summed E-state index contributed by atoms with van der Waals surface area (Å²) in [6.45, 7) is 0. The summed E-state index contributed by atoms with van der Waals surface area (Å²) in [5.41, 5.74) is -1.62. The maximum absolute atomic E-state index is 12.2. The summed E-state index contributed by atoms with van der Waals surface area (Å²) in [6, 6.07) is 7.72. The molecule has 0 atom stereocenters. The van der Waals surface area contributed by atoms with Crippen molar-refractivity contribution in [1.82, 2.24) is 14.5 Å². The zero-order valence-corrected chi connectivity index (χ0v) is 16.2. The van der Waals surface area contributed by atoms with Crippen LogP contribution in [0.2, 0.25) is 0 Å². The Morgan fingerprint density at radius 1 is 1.10 bits per heavy atom. The summed E-state index contributed by atoms with van der Waals surface area (Å²) in [4.78, 5) is 39.4. The van der Waals surface area contributed by atoms with Crippen molar-refractivity contribution in [3.8, 4) is 29.3 Å². The molecule has 3 aromatic rings. The van der Waals surface area contributed by atoms with E-state index in [4.69, 9.17) is 20.0 Å². The van der Waals surface area contributed by atoms with Gasteiger partial charge in [-0.2, -0.15) is 10.5 Å². The molecule has 0 fully saturated rings. The SMILES string of the molecule is COc1cc[nH]c(=O)c1C#N.COc1ccn(-c2ccncc2[N+](=O)[O-])c(=O)c1C#N. The topological polar surface area (TPSA) is 177 Å². The minimum Gasteiger partial charge on any atom is -0.495 e. The van der Waals surface area contributed by atoms with Gasteiger partial charge in [0, 0.05) is 18.6 Å². The molecule has 0 radical (unpaired) electrons. The number of hydrogen-bond acceptors (Lipinski definition) is 9. The number of pyridine rings is 3. The van der Waals surface area contributed by atoms with Gasteiger partial charge in [-0.1, -0.05) is 0 Å². The molecule has 0 saturated heterocycles. The van der Waals surface area contributed by atoms with E-state index in [0.29, 0.717) is 5.75 Å². The Labute approximate surface area is 174 Å². The molecule has 0 aliphatic rings. The van der Waals surface area contributed by atoms with Gasteiger partial charge in [0.05, 0.1) is 19.1 Å². The fourth-order valence-corrected chi connectivity index (χ4v) is 2.44. The largest absolute Gasteiger partial charge is 0.495 e. The van der Waals surface area contributed by atoms with Gasteiger partial charge in [0.1, 0.15) is 35.5 Å². The smallest absolute Gasteiger partial charge is 0.311 e. The third kappa shape index (κ3) is 4.72. The minimum atomic E-state index is -0.693. The monoisotopic (exact) mass is 422 g/mol. The number of nitro groups is 1. The molecule has 0 spiro atoms. The number of hydrogen-bond donors (Lipinski definition) is 1. The molecule has 0 aliphatic heterocycles. The number of H-pyrrole nitrogens is 1. The first-order valence-electron chi connectivity index (χ1n) is 8.33. The predicted molar refractivity (Wildman–Crippen MR) is 106 cm³/mol. The second-order valence-electron chi connectivity index (χ2n) is 5.53. The third-order valence-corrected chi connectivity index (χ3v) is 3.87. The lowest BCUT2D eigenvalue weighted by atomic mass is 10.2. The van der Waals surface area contributed by atoms with Crippen molar-refractivity contribution in [1.29, 1.82) is 10.5 Å². The van der Waals surface area contributed by atoms with Gasteiger partial charge in [-0.3, -0.25) is 29.3 Å². The van der Waals surface area contributed by atoms with E-state index < -0.39 is 16.0 Å². The molecule has 3 rings (SSSR count). The van der Waals surface area contributed by atoms with Crippen molar-refractivity contribution in [3.63, 3.8) is 0 Å². The molecule has 3 heterocycles. The quantitative estimate of drug-likeness (QED) is 0.479. The van der Waals surface area contributed by atoms with Crippen LogP contribution in [0.15, 0.2) is 52.6 Å². The molecule has 0 amide bonds. The average molecular weight is 422 g/mol. The lowest BCUT2D eigenvalue weighted by molar-refractivity contribution is -0.384. The summed E-state index contributed by atoms with van der Waals surface area (Å²) in [5, 5.41) is 28.4. The van der Waals surface area contributed by atoms with Gasteiger partial charge >= 0.3 is 5.69 Å². The van der Waals surface area contributed by atoms with Crippen LogP contribution in [0.25, 0.3) is 5.69 Å². The molecule has 0 bridgehead atoms. The Bertz CT molecular complexity index is 1310. The second-order valence-corrected chi connectivity index (χ2v) is 5.53. The fourth-order valence-electron chi connectivity index (χ4n) is 2.44. The Hall–Kier alpha value is -4.97. The summed E-state index contributed by atoms with van der Waals surface area (Å²) < 4.78 is 10.7. The van der Waals surface area contributed by atoms with E-state index in [1.54, 1.807) is 12.1 Å². The molecule has 1 N–H and O–H groups in total. The number of ether oxygens (including phenoxy) is 2. The molecule has 3 aromatic heterocycles. The average Bonchev–Trinajstić information content (AvgIpc) is 2.78. The van der Waals surface area contributed by atoms with Crippen LogP contribution in [0.4, 0.5) is 5.69 Å². The number of nitrogens with one attached hydrogen (secondary N) is 1. The van der Waals surface area contributed by atoms with Crippen LogP contribution in [0, 0.1) is 32.8 Å². The van der Waals surface area contributed by atoms with Crippen LogP contribution >= 0.6 is 0 Å². The molecular weight excluding hydrogens is 408 g/mol. The highest BCUT2D eigenvalue weighted by Gasteiger charge is 2.19. The molecule has 156 valence electrons. The Balaban J connectivity index is 0.000000262. The first-order chi connectivity index (χ1) is 14.9. The van der Waals surface area contributed by atoms with Crippen molar-refractivity contribution >= 4 is 5.69 Å². The summed E-state index contributed by atoms with van der Waals surface area (Å²) in [6.07, 6.45) is 5.11. The molecule has 12 nitrogen and oxygen atoms in total. The highest BCUT2D eigenvalue weighted by molar-refractivity contribution is 5.52. The first kappa shape index (κ1) is 22.3. The maximum atomic E-state index is 12.2. The van der Waals surface area contributed by atoms with Gasteiger partial charge in [0.2, 0.25) is 0 Å². The van der Waals surface area contributed by atoms with E-state index in [2.05, 4.69) is 9.97 Å². The number of methoxy groups -OCH3 is 2. The highest BCUT2D eigenvalue weighted by Crippen LogP contribution is 2.21. The lowest BCUT2D eigenvalue weighted by Crippen LogP contribution is -2.21. The van der Waals surface area contributed by atoms with Gasteiger partial charge < -0.3 is 14.5 Å². The molecule has 0 aromatic carbocycles. The molecule has 31 heavy (non-hydrogen) atoms. The van der Waals surface area contributed by atoms with E-state index in [9.17, 15) is 19.7 Å². The van der Waals surface area contributed by atoms with Gasteiger partial charge in [-0.15, -0.1) is 0 Å². The van der Waals surface area contributed by atoms with E-state index in [1.807, 2.05) is 0 Å². The first-order valence-corrected chi connectivity index (χ1v) is 8.33. The Morgan fingerprint density at radius 2 is 1.74 bits per heavy atom. The number of rotatable bonds is 4. The lowest BCUT2D eigenvalue weighted by Gasteiger charge is -2.08. The van der Waals surface area contributed by atoms with Crippen molar-refractivity contribution in [3.05, 3.63) is 84.9 Å². The standard InChI is InChI=1S/C12H8N4O4.C7H6N2O2/c1-20-11-3-5-15(12(17)8(11)6-13)9-2-4-14-7-10(9)16(18)19;1-11-6-2-3-9-7(10)5(6)4-8/h2-5,7H,1H3;2-3H,1H3,(H,9,10). The zero-order chi connectivity index (χ0) is 23.0. The summed E-state index contributed by atoms with van der Waals surface area (Å²) in [5.74, 6) is 0.418. The third-order valence-electron chi connectivity index (χ3n) is 3.87. The van der Waals surface area contributed by atoms with Crippen LogP contribution in [0.3, 0.4) is 0 Å². The van der Waals surface area contributed by atoms with Crippen molar-refractivity contribution in [2.45, 2.75) is 0 Å². The van der Waals surface area contributed by atoms with Gasteiger partial charge in [0.25, 0.3) is 11.1 Å². The number of nitrogens with zero attached hydrogens (tertiary/aromatic N) is 5. The van der Waals surface area contributed by atoms with Gasteiger partial charge in [-0.05, 0) is 18.2 Å². The number of aromatic amines is 1. The Kier molecular flexibility index (Phi) is 7.20. The summed E-state index contributed by atoms with van der Waals surface area (Å²) >= 11 is 0. The fraction of sp³-hybridized carbons (Fsp3) is 0.105. The van der Waals surface area contributed by atoms with Crippen molar-refractivity contribution < 1.29 is 14.4 Å². The zero-order valence-electron chi connectivity index (χ0n) is 16.2. The van der Waals surface area contributed by atoms with Crippen molar-refractivity contribution in [2.24, 2.45) is 0 Å². The molecule has 12 heteroatoms. The number of aromatic nitrogens is 3. The van der Waals surface area contributed by atoms with E-state index in [1.165, 1.54) is 51.0 Å². The molecule has 0 aliphatic carbocycles. The van der Waals surface area contributed by atoms with Crippen LogP contribution < -0.4 is 20.6 Å². The van der Waals surface area contributed by atoms with Crippen LogP contribution in [0.5, 0.6) is 11.5 Å². The second kappa shape index (κ2) is 9.99. The van der Waals surface area contributed by atoms with Crippen molar-refractivity contribution in [2.75, 3.05) is 14.2 Å². The van der Waals surface area contributed by atoms with E-state index >= 15 is 0 Å². The van der Waals surface area contributed by atoms with Gasteiger partial charge in [0.15, 0.2) is 11.1 Å². The maximum Gasteiger partial charge on any atom is 0.311 e. The Morgan fingerprint density at radius 3 is 2.29 bits per heavy atom. The predicted octanol–water partition coefficient (Wildman–Crippen LogP) is 1.28. The van der Waals surface area contributed by atoms with Gasteiger partial charge in [-0.25, -0.2) is 0 Å². The molecule has 0 saturated carbocycles. The highest BCUT2D eigenvalue weighted by atomic mass is 16.6. The number of nitriles is 2. The summed E-state index contributed by atoms with van der Waals surface area (Å²) in [7, 11) is 2.74. The molecule has 0 unspecified atom stereocenters. The minimum absolute atomic E-state index is 0.00926. The van der Waals surface area contributed by atoms with E-state index in [-0.39, 0.29) is 28.3 Å². The van der Waals surface area contributed by atoms with E-state index in [0.717, 1.165) is 10.8 Å².